The van der Waals surface area contributed by atoms with Gasteiger partial charge in [0.05, 0.1) is 7.11 Å². The van der Waals surface area contributed by atoms with Gasteiger partial charge in [-0.05, 0) is 36.8 Å². The predicted molar refractivity (Wildman–Crippen MR) is 79.5 cm³/mol. The van der Waals surface area contributed by atoms with Crippen LogP contribution in [0.1, 0.15) is 23.7 Å². The standard InChI is InChI=1S/C15H16O5S/c1-3-13(15(19)20-2)21-11-6-4-10(5-7-11)12(16)8-9-14(17)18/h4-9,13H,3H2,1-2H3,(H,17,18)/b9-8+. The van der Waals surface area contributed by atoms with Gasteiger partial charge < -0.3 is 9.84 Å². The highest BCUT2D eigenvalue weighted by atomic mass is 32.2. The van der Waals surface area contributed by atoms with Crippen molar-refractivity contribution in [2.24, 2.45) is 0 Å². The SMILES string of the molecule is CCC(Sc1ccc(C(=O)/C=C/C(=O)O)cc1)C(=O)OC. The first kappa shape index (κ1) is 17.0. The van der Waals surface area contributed by atoms with Crippen molar-refractivity contribution >= 4 is 29.5 Å². The van der Waals surface area contributed by atoms with Crippen LogP contribution in [0.5, 0.6) is 0 Å². The van der Waals surface area contributed by atoms with Crippen LogP contribution < -0.4 is 0 Å². The van der Waals surface area contributed by atoms with Crippen LogP contribution in [-0.4, -0.2) is 35.2 Å². The van der Waals surface area contributed by atoms with Gasteiger partial charge in [0, 0.05) is 16.5 Å². The van der Waals surface area contributed by atoms with Crippen LogP contribution in [-0.2, 0) is 14.3 Å². The van der Waals surface area contributed by atoms with Crippen molar-refractivity contribution in [3.8, 4) is 0 Å². The van der Waals surface area contributed by atoms with Gasteiger partial charge in [-0.25, -0.2) is 4.79 Å². The predicted octanol–water partition coefficient (Wildman–Crippen LogP) is 2.55. The molecule has 1 aromatic carbocycles. The molecule has 0 radical (unpaired) electrons. The Morgan fingerprint density at radius 3 is 2.33 bits per heavy atom. The maximum Gasteiger partial charge on any atom is 0.328 e. The van der Waals surface area contributed by atoms with Crippen LogP contribution in [0, 0.1) is 0 Å². The van der Waals surface area contributed by atoms with E-state index in [4.69, 9.17) is 9.84 Å². The van der Waals surface area contributed by atoms with Gasteiger partial charge in [-0.2, -0.15) is 0 Å². The molecular formula is C15H16O5S. The topological polar surface area (TPSA) is 80.7 Å². The summed E-state index contributed by atoms with van der Waals surface area (Å²) in [6, 6.07) is 6.64. The number of allylic oxidation sites excluding steroid dienone is 1. The summed E-state index contributed by atoms with van der Waals surface area (Å²) in [6.45, 7) is 1.89. The molecule has 0 fully saturated rings. The Morgan fingerprint density at radius 1 is 1.24 bits per heavy atom. The Hall–Kier alpha value is -2.08. The number of carbonyl (C=O) groups is 3. The number of carboxylic acids is 1. The molecule has 0 aliphatic heterocycles. The number of methoxy groups -OCH3 is 1. The van der Waals surface area contributed by atoms with Gasteiger partial charge in [-0.1, -0.05) is 6.92 Å². The van der Waals surface area contributed by atoms with E-state index in [0.717, 1.165) is 17.0 Å². The number of thioether (sulfide) groups is 1. The van der Waals surface area contributed by atoms with Crippen molar-refractivity contribution in [1.82, 2.24) is 0 Å². The van der Waals surface area contributed by atoms with Gasteiger partial charge in [-0.15, -0.1) is 11.8 Å². The second-order valence-electron chi connectivity index (χ2n) is 4.10. The lowest BCUT2D eigenvalue weighted by Gasteiger charge is -2.11. The molecule has 1 aromatic rings. The van der Waals surface area contributed by atoms with Crippen LogP contribution in [0.2, 0.25) is 0 Å². The zero-order chi connectivity index (χ0) is 15.8. The van der Waals surface area contributed by atoms with Gasteiger partial charge in [-0.3, -0.25) is 9.59 Å². The third-order valence-electron chi connectivity index (χ3n) is 2.63. The Balaban J connectivity index is 2.76. The first-order valence-corrected chi connectivity index (χ1v) is 7.15. The molecule has 0 aliphatic rings. The van der Waals surface area contributed by atoms with Crippen molar-refractivity contribution < 1.29 is 24.2 Å². The van der Waals surface area contributed by atoms with Gasteiger partial charge in [0.15, 0.2) is 5.78 Å². The Labute approximate surface area is 127 Å². The third-order valence-corrected chi connectivity index (χ3v) is 3.98. The summed E-state index contributed by atoms with van der Waals surface area (Å²) in [4.78, 5) is 34.4. The van der Waals surface area contributed by atoms with E-state index in [0.29, 0.717) is 12.0 Å². The summed E-state index contributed by atoms with van der Waals surface area (Å²) in [5.74, 6) is -1.83. The number of hydrogen-bond donors (Lipinski definition) is 1. The molecule has 0 heterocycles. The van der Waals surface area contributed by atoms with E-state index in [1.54, 1.807) is 24.3 Å². The second-order valence-corrected chi connectivity index (χ2v) is 5.37. The summed E-state index contributed by atoms with van der Waals surface area (Å²) in [7, 11) is 1.35. The maximum absolute atomic E-state index is 11.7. The summed E-state index contributed by atoms with van der Waals surface area (Å²) in [5, 5.41) is 8.18. The van der Waals surface area contributed by atoms with Crippen LogP contribution >= 0.6 is 11.8 Å². The number of aliphatic carboxylic acids is 1. The zero-order valence-corrected chi connectivity index (χ0v) is 12.6. The lowest BCUT2D eigenvalue weighted by Crippen LogP contribution is -2.17. The van der Waals surface area contributed by atoms with Gasteiger partial charge in [0.2, 0.25) is 0 Å². The van der Waals surface area contributed by atoms with Crippen LogP contribution in [0.15, 0.2) is 41.3 Å². The first-order chi connectivity index (χ1) is 9.97. The molecular weight excluding hydrogens is 292 g/mol. The number of carboxylic acid groups (broad SMARTS) is 1. The third kappa shape index (κ3) is 5.43. The summed E-state index contributed by atoms with van der Waals surface area (Å²) < 4.78 is 4.71. The summed E-state index contributed by atoms with van der Waals surface area (Å²) >= 11 is 1.36. The van der Waals surface area contributed by atoms with E-state index in [1.807, 2.05) is 6.92 Å². The fraction of sp³-hybridized carbons (Fsp3) is 0.267. The molecule has 1 rings (SSSR count). The number of benzene rings is 1. The molecule has 1 N–H and O–H groups in total. The van der Waals surface area contributed by atoms with Gasteiger partial charge >= 0.3 is 11.9 Å². The number of carbonyl (C=O) groups excluding carboxylic acids is 2. The first-order valence-electron chi connectivity index (χ1n) is 6.27. The maximum atomic E-state index is 11.7. The monoisotopic (exact) mass is 308 g/mol. The van der Waals surface area contributed by atoms with E-state index >= 15 is 0 Å². The van der Waals surface area contributed by atoms with Crippen LogP contribution in [0.4, 0.5) is 0 Å². The van der Waals surface area contributed by atoms with E-state index in [2.05, 4.69) is 0 Å². The quantitative estimate of drug-likeness (QED) is 0.361. The molecule has 1 unspecified atom stereocenters. The molecule has 0 aliphatic carbocycles. The molecule has 0 bridgehead atoms. The number of rotatable bonds is 7. The molecule has 0 aromatic heterocycles. The Bertz CT molecular complexity index is 548. The van der Waals surface area contributed by atoms with Crippen molar-refractivity contribution in [2.45, 2.75) is 23.5 Å². The number of esters is 1. The average Bonchev–Trinajstić information content (AvgIpc) is 2.50. The summed E-state index contributed by atoms with van der Waals surface area (Å²) in [6.07, 6.45) is 2.45. The minimum atomic E-state index is -1.17. The van der Waals surface area contributed by atoms with Crippen molar-refractivity contribution in [1.29, 1.82) is 0 Å². The molecule has 112 valence electrons. The van der Waals surface area contributed by atoms with E-state index in [9.17, 15) is 14.4 Å². The number of ketones is 1. The highest BCUT2D eigenvalue weighted by Crippen LogP contribution is 2.26. The largest absolute Gasteiger partial charge is 0.478 e. The fourth-order valence-corrected chi connectivity index (χ4v) is 2.52. The molecule has 0 spiro atoms. The molecule has 0 saturated heterocycles. The molecule has 0 amide bonds. The lowest BCUT2D eigenvalue weighted by molar-refractivity contribution is -0.140. The highest BCUT2D eigenvalue weighted by molar-refractivity contribution is 8.00. The second kappa shape index (κ2) is 8.26. The van der Waals surface area contributed by atoms with Crippen molar-refractivity contribution in [3.05, 3.63) is 42.0 Å². The Morgan fingerprint density at radius 2 is 1.86 bits per heavy atom. The molecule has 6 heteroatoms. The van der Waals surface area contributed by atoms with E-state index in [-0.39, 0.29) is 17.0 Å². The van der Waals surface area contributed by atoms with E-state index < -0.39 is 5.97 Å². The Kier molecular flexibility index (Phi) is 6.68. The lowest BCUT2D eigenvalue weighted by atomic mass is 10.1. The van der Waals surface area contributed by atoms with Crippen molar-refractivity contribution in [2.75, 3.05) is 7.11 Å². The fourth-order valence-electron chi connectivity index (χ4n) is 1.53. The molecule has 1 atom stereocenters. The number of ether oxygens (including phenoxy) is 1. The smallest absolute Gasteiger partial charge is 0.328 e. The minimum absolute atomic E-state index is 0.285. The average molecular weight is 308 g/mol. The van der Waals surface area contributed by atoms with Crippen LogP contribution in [0.3, 0.4) is 0 Å². The molecule has 5 nitrogen and oxygen atoms in total. The highest BCUT2D eigenvalue weighted by Gasteiger charge is 2.18. The van der Waals surface area contributed by atoms with Gasteiger partial charge in [0.1, 0.15) is 5.25 Å². The van der Waals surface area contributed by atoms with Crippen LogP contribution in [0.25, 0.3) is 0 Å². The molecule has 21 heavy (non-hydrogen) atoms. The zero-order valence-electron chi connectivity index (χ0n) is 11.7. The molecule has 0 saturated carbocycles. The van der Waals surface area contributed by atoms with Crippen molar-refractivity contribution in [3.63, 3.8) is 0 Å². The number of hydrogen-bond acceptors (Lipinski definition) is 5. The minimum Gasteiger partial charge on any atom is -0.478 e. The normalized spacial score (nSPS) is 12.1. The van der Waals surface area contributed by atoms with Gasteiger partial charge in [0.25, 0.3) is 0 Å². The summed E-state index contributed by atoms with van der Waals surface area (Å²) in [5.41, 5.74) is 0.392. The van der Waals surface area contributed by atoms with E-state index in [1.165, 1.54) is 18.9 Å².